The minimum absolute atomic E-state index is 0.0434. The van der Waals surface area contributed by atoms with Gasteiger partial charge in [-0.3, -0.25) is 4.79 Å². The van der Waals surface area contributed by atoms with E-state index in [0.29, 0.717) is 23.3 Å². The number of carbonyl (C=O) groups is 1. The number of carbonyl (C=O) groups excluding carboxylic acids is 1. The topological polar surface area (TPSA) is 59.5 Å². The van der Waals surface area contributed by atoms with Crippen LogP contribution in [0.3, 0.4) is 0 Å². The van der Waals surface area contributed by atoms with E-state index >= 15 is 0 Å². The first-order valence-corrected chi connectivity index (χ1v) is 7.11. The second kappa shape index (κ2) is 5.53. The molecule has 0 saturated carbocycles. The van der Waals surface area contributed by atoms with Gasteiger partial charge in [0.2, 0.25) is 5.76 Å². The van der Waals surface area contributed by atoms with Crippen molar-refractivity contribution in [3.8, 4) is 11.5 Å². The molecule has 1 aliphatic rings. The van der Waals surface area contributed by atoms with Gasteiger partial charge in [-0.2, -0.15) is 0 Å². The van der Waals surface area contributed by atoms with Crippen molar-refractivity contribution in [3.05, 3.63) is 30.2 Å². The molecular formula is C15H18N2O3. The Morgan fingerprint density at radius 2 is 2.35 bits per heavy atom. The lowest BCUT2D eigenvalue weighted by Gasteiger charge is -2.34. The molecule has 106 valence electrons. The van der Waals surface area contributed by atoms with Gasteiger partial charge < -0.3 is 13.8 Å². The van der Waals surface area contributed by atoms with Gasteiger partial charge in [-0.1, -0.05) is 12.1 Å². The van der Waals surface area contributed by atoms with Crippen LogP contribution in [-0.2, 0) is 0 Å². The van der Waals surface area contributed by atoms with Crippen LogP contribution in [0.25, 0.3) is 11.5 Å². The number of rotatable bonds is 3. The fraction of sp³-hybridized carbons (Fsp3) is 0.467. The summed E-state index contributed by atoms with van der Waals surface area (Å²) in [5.41, 5.74) is 0.358. The zero-order chi connectivity index (χ0) is 13.9. The predicted octanol–water partition coefficient (Wildman–Crippen LogP) is 3.34. The summed E-state index contributed by atoms with van der Waals surface area (Å²) in [5.74, 6) is 1.03. The van der Waals surface area contributed by atoms with E-state index in [2.05, 4.69) is 12.1 Å². The normalized spacial score (nSPS) is 19.2. The molecule has 20 heavy (non-hydrogen) atoms. The van der Waals surface area contributed by atoms with Gasteiger partial charge in [-0.15, -0.1) is 0 Å². The molecule has 3 heterocycles. The maximum atomic E-state index is 12.5. The van der Waals surface area contributed by atoms with E-state index in [1.165, 1.54) is 6.42 Å². The van der Waals surface area contributed by atoms with Crippen molar-refractivity contribution >= 4 is 5.91 Å². The first kappa shape index (κ1) is 13.0. The molecular weight excluding hydrogens is 256 g/mol. The Kier molecular flexibility index (Phi) is 3.58. The predicted molar refractivity (Wildman–Crippen MR) is 73.2 cm³/mol. The van der Waals surface area contributed by atoms with E-state index in [9.17, 15) is 4.79 Å². The van der Waals surface area contributed by atoms with Crippen molar-refractivity contribution in [2.45, 2.75) is 38.6 Å². The fourth-order valence-corrected chi connectivity index (χ4v) is 2.75. The molecule has 0 N–H and O–H groups in total. The standard InChI is InChI=1S/C15H18N2O3/c1-2-11-6-3-4-8-17(11)15(18)12-10-14(20-16-12)13-7-5-9-19-13/h5,7,9-11H,2-4,6,8H2,1H3. The van der Waals surface area contributed by atoms with Crippen LogP contribution in [0, 0.1) is 0 Å². The number of hydrogen-bond acceptors (Lipinski definition) is 4. The Morgan fingerprint density at radius 3 is 3.10 bits per heavy atom. The molecule has 0 aliphatic carbocycles. The minimum atomic E-state index is -0.0434. The Labute approximate surface area is 117 Å². The van der Waals surface area contributed by atoms with Crippen LogP contribution < -0.4 is 0 Å². The van der Waals surface area contributed by atoms with Crippen LogP contribution in [-0.4, -0.2) is 28.6 Å². The van der Waals surface area contributed by atoms with E-state index in [0.717, 1.165) is 25.8 Å². The van der Waals surface area contributed by atoms with Crippen molar-refractivity contribution in [1.29, 1.82) is 0 Å². The minimum Gasteiger partial charge on any atom is -0.461 e. The SMILES string of the molecule is CCC1CCCCN1C(=O)c1cc(-c2ccco2)on1. The highest BCUT2D eigenvalue weighted by molar-refractivity contribution is 5.93. The first-order valence-electron chi connectivity index (χ1n) is 7.11. The van der Waals surface area contributed by atoms with Crippen molar-refractivity contribution in [2.24, 2.45) is 0 Å². The van der Waals surface area contributed by atoms with Crippen LogP contribution in [0.5, 0.6) is 0 Å². The summed E-state index contributed by atoms with van der Waals surface area (Å²) < 4.78 is 10.4. The quantitative estimate of drug-likeness (QED) is 0.861. The highest BCUT2D eigenvalue weighted by Gasteiger charge is 2.28. The molecule has 5 heteroatoms. The lowest BCUT2D eigenvalue weighted by molar-refractivity contribution is 0.0597. The summed E-state index contributed by atoms with van der Waals surface area (Å²) in [7, 11) is 0. The van der Waals surface area contributed by atoms with Crippen LogP contribution in [0.2, 0.25) is 0 Å². The summed E-state index contributed by atoms with van der Waals surface area (Å²) in [6.07, 6.45) is 5.88. The van der Waals surface area contributed by atoms with E-state index in [-0.39, 0.29) is 5.91 Å². The molecule has 0 radical (unpaired) electrons. The maximum absolute atomic E-state index is 12.5. The Balaban J connectivity index is 1.80. The van der Waals surface area contributed by atoms with E-state index in [1.807, 2.05) is 4.90 Å². The smallest absolute Gasteiger partial charge is 0.276 e. The number of piperidine rings is 1. The largest absolute Gasteiger partial charge is 0.461 e. The number of nitrogens with zero attached hydrogens (tertiary/aromatic N) is 2. The Bertz CT molecular complexity index is 574. The van der Waals surface area contributed by atoms with Gasteiger partial charge >= 0.3 is 0 Å². The molecule has 1 fully saturated rings. The Hall–Kier alpha value is -2.04. The Morgan fingerprint density at radius 1 is 1.45 bits per heavy atom. The lowest BCUT2D eigenvalue weighted by atomic mass is 9.99. The van der Waals surface area contributed by atoms with Crippen LogP contribution in [0.15, 0.2) is 33.4 Å². The number of hydrogen-bond donors (Lipinski definition) is 0. The summed E-state index contributed by atoms with van der Waals surface area (Å²) in [6.45, 7) is 2.92. The van der Waals surface area contributed by atoms with Gasteiger partial charge in [0.05, 0.1) is 6.26 Å². The summed E-state index contributed by atoms with van der Waals surface area (Å²) in [5, 5.41) is 3.89. The van der Waals surface area contributed by atoms with Crippen molar-refractivity contribution in [2.75, 3.05) is 6.54 Å². The molecule has 1 aliphatic heterocycles. The number of furan rings is 1. The van der Waals surface area contributed by atoms with Crippen LogP contribution >= 0.6 is 0 Å². The monoisotopic (exact) mass is 274 g/mol. The molecule has 2 aromatic rings. The number of aromatic nitrogens is 1. The molecule has 0 bridgehead atoms. The van der Waals surface area contributed by atoms with Gasteiger partial charge in [-0.05, 0) is 37.8 Å². The number of amides is 1. The number of likely N-dealkylation sites (tertiary alicyclic amines) is 1. The third kappa shape index (κ3) is 2.35. The maximum Gasteiger partial charge on any atom is 0.276 e. The molecule has 5 nitrogen and oxygen atoms in total. The van der Waals surface area contributed by atoms with Gasteiger partial charge in [-0.25, -0.2) is 0 Å². The van der Waals surface area contributed by atoms with Crippen LogP contribution in [0.4, 0.5) is 0 Å². The van der Waals surface area contributed by atoms with Gasteiger partial charge in [0.1, 0.15) is 0 Å². The highest BCUT2D eigenvalue weighted by Crippen LogP contribution is 2.24. The average molecular weight is 274 g/mol. The van der Waals surface area contributed by atoms with Crippen molar-refractivity contribution in [3.63, 3.8) is 0 Å². The second-order valence-corrected chi connectivity index (χ2v) is 5.11. The molecule has 1 atom stereocenters. The molecule has 1 saturated heterocycles. The van der Waals surface area contributed by atoms with Crippen molar-refractivity contribution < 1.29 is 13.7 Å². The molecule has 0 spiro atoms. The van der Waals surface area contributed by atoms with E-state index in [1.54, 1.807) is 24.5 Å². The zero-order valence-electron chi connectivity index (χ0n) is 11.5. The summed E-state index contributed by atoms with van der Waals surface area (Å²) in [6, 6.07) is 5.53. The zero-order valence-corrected chi connectivity index (χ0v) is 11.5. The van der Waals surface area contributed by atoms with Gasteiger partial charge in [0.15, 0.2) is 11.5 Å². The third-order valence-electron chi connectivity index (χ3n) is 3.85. The van der Waals surface area contributed by atoms with Crippen molar-refractivity contribution in [1.82, 2.24) is 10.1 Å². The molecule has 1 amide bonds. The molecule has 3 rings (SSSR count). The first-order chi connectivity index (χ1) is 9.79. The second-order valence-electron chi connectivity index (χ2n) is 5.11. The van der Waals surface area contributed by atoms with E-state index < -0.39 is 0 Å². The fourth-order valence-electron chi connectivity index (χ4n) is 2.75. The average Bonchev–Trinajstić information content (AvgIpc) is 3.16. The third-order valence-corrected chi connectivity index (χ3v) is 3.85. The van der Waals surface area contributed by atoms with E-state index in [4.69, 9.17) is 8.94 Å². The summed E-state index contributed by atoms with van der Waals surface area (Å²) in [4.78, 5) is 14.4. The highest BCUT2D eigenvalue weighted by atomic mass is 16.5. The van der Waals surface area contributed by atoms with Crippen LogP contribution in [0.1, 0.15) is 43.1 Å². The molecule has 1 unspecified atom stereocenters. The van der Waals surface area contributed by atoms with Gasteiger partial charge in [0.25, 0.3) is 5.91 Å². The molecule has 0 aromatic carbocycles. The lowest BCUT2D eigenvalue weighted by Crippen LogP contribution is -2.43. The van der Waals surface area contributed by atoms with Gasteiger partial charge in [0, 0.05) is 18.7 Å². The molecule has 2 aromatic heterocycles. The summed E-state index contributed by atoms with van der Waals surface area (Å²) >= 11 is 0.